The number of carbonyl (C=O) groups is 1. The molecule has 0 spiro atoms. The van der Waals surface area contributed by atoms with Gasteiger partial charge >= 0.3 is 0 Å². The molecule has 0 atom stereocenters. The monoisotopic (exact) mass is 399 g/mol. The van der Waals surface area contributed by atoms with E-state index in [1.807, 2.05) is 73.7 Å². The standard InChI is InChI=1S/C24H21N3O3/c1-2-29-20-13-11-19(12-14-20)22-16-21(26-30-22)24(28)27(23-10-6-7-15-25-23)17-18-8-4-3-5-9-18/h3-16H,2,17H2,1H3. The molecule has 2 aromatic carbocycles. The fourth-order valence-corrected chi connectivity index (χ4v) is 3.07. The van der Waals surface area contributed by atoms with Gasteiger partial charge in [-0.3, -0.25) is 9.69 Å². The van der Waals surface area contributed by atoms with E-state index in [1.165, 1.54) is 0 Å². The molecular weight excluding hydrogens is 378 g/mol. The van der Waals surface area contributed by atoms with Crippen molar-refractivity contribution in [2.24, 2.45) is 0 Å². The average molecular weight is 399 g/mol. The zero-order valence-corrected chi connectivity index (χ0v) is 16.6. The largest absolute Gasteiger partial charge is 0.494 e. The number of nitrogens with zero attached hydrogens (tertiary/aromatic N) is 3. The second kappa shape index (κ2) is 9.05. The summed E-state index contributed by atoms with van der Waals surface area (Å²) in [6.45, 7) is 2.91. The van der Waals surface area contributed by atoms with Gasteiger partial charge in [0.05, 0.1) is 13.2 Å². The number of aromatic nitrogens is 2. The van der Waals surface area contributed by atoms with Crippen molar-refractivity contribution >= 4 is 11.7 Å². The van der Waals surface area contributed by atoms with Crippen molar-refractivity contribution in [3.63, 3.8) is 0 Å². The molecule has 4 rings (SSSR count). The van der Waals surface area contributed by atoms with Gasteiger partial charge in [0, 0.05) is 17.8 Å². The molecule has 0 unspecified atom stereocenters. The summed E-state index contributed by atoms with van der Waals surface area (Å²) in [5.74, 6) is 1.57. The third-order valence-corrected chi connectivity index (χ3v) is 4.53. The van der Waals surface area contributed by atoms with Gasteiger partial charge in [-0.2, -0.15) is 0 Å². The Morgan fingerprint density at radius 3 is 2.47 bits per heavy atom. The normalized spacial score (nSPS) is 10.6. The molecule has 0 aliphatic rings. The number of carbonyl (C=O) groups excluding carboxylic acids is 1. The van der Waals surface area contributed by atoms with Crippen molar-refractivity contribution in [3.05, 3.63) is 96.3 Å². The van der Waals surface area contributed by atoms with Crippen molar-refractivity contribution in [2.45, 2.75) is 13.5 Å². The number of ether oxygens (including phenoxy) is 1. The van der Waals surface area contributed by atoms with Crippen LogP contribution in [0.4, 0.5) is 5.82 Å². The maximum absolute atomic E-state index is 13.3. The van der Waals surface area contributed by atoms with Gasteiger partial charge in [-0.1, -0.05) is 41.6 Å². The lowest BCUT2D eigenvalue weighted by Gasteiger charge is -2.20. The molecule has 0 saturated heterocycles. The van der Waals surface area contributed by atoms with E-state index in [1.54, 1.807) is 23.2 Å². The van der Waals surface area contributed by atoms with Gasteiger partial charge in [-0.05, 0) is 48.9 Å². The Balaban J connectivity index is 1.60. The third-order valence-electron chi connectivity index (χ3n) is 4.53. The average Bonchev–Trinajstić information content (AvgIpc) is 3.29. The lowest BCUT2D eigenvalue weighted by Crippen LogP contribution is -2.31. The number of rotatable bonds is 7. The number of hydrogen-bond donors (Lipinski definition) is 0. The Bertz CT molecular complexity index is 1090. The summed E-state index contributed by atoms with van der Waals surface area (Å²) in [6.07, 6.45) is 1.66. The van der Waals surface area contributed by atoms with Crippen LogP contribution in [0.15, 0.2) is 89.6 Å². The first-order valence-corrected chi connectivity index (χ1v) is 9.71. The minimum Gasteiger partial charge on any atom is -0.494 e. The Kier molecular flexibility index (Phi) is 5.85. The fraction of sp³-hybridized carbons (Fsp3) is 0.125. The van der Waals surface area contributed by atoms with Crippen molar-refractivity contribution in [2.75, 3.05) is 11.5 Å². The van der Waals surface area contributed by atoms with Crippen LogP contribution < -0.4 is 9.64 Å². The highest BCUT2D eigenvalue weighted by Crippen LogP contribution is 2.25. The summed E-state index contributed by atoms with van der Waals surface area (Å²) in [5.41, 5.74) is 2.03. The Labute approximate surface area is 174 Å². The van der Waals surface area contributed by atoms with Gasteiger partial charge in [-0.25, -0.2) is 4.98 Å². The zero-order chi connectivity index (χ0) is 20.8. The first-order chi connectivity index (χ1) is 14.7. The molecule has 6 nitrogen and oxygen atoms in total. The molecule has 6 heteroatoms. The summed E-state index contributed by atoms with van der Waals surface area (Å²) >= 11 is 0. The van der Waals surface area contributed by atoms with Gasteiger partial charge in [-0.15, -0.1) is 0 Å². The van der Waals surface area contributed by atoms with Crippen LogP contribution in [0, 0.1) is 0 Å². The van der Waals surface area contributed by atoms with E-state index in [0.717, 1.165) is 16.9 Å². The molecule has 0 fully saturated rings. The van der Waals surface area contributed by atoms with E-state index in [0.29, 0.717) is 24.7 Å². The quantitative estimate of drug-likeness (QED) is 0.438. The third kappa shape index (κ3) is 4.38. The molecule has 1 amide bonds. The van der Waals surface area contributed by atoms with Gasteiger partial charge in [0.2, 0.25) is 0 Å². The Hall–Kier alpha value is -3.93. The number of hydrogen-bond acceptors (Lipinski definition) is 5. The number of anilines is 1. The molecule has 0 N–H and O–H groups in total. The smallest absolute Gasteiger partial charge is 0.281 e. The highest BCUT2D eigenvalue weighted by Gasteiger charge is 2.23. The molecule has 30 heavy (non-hydrogen) atoms. The molecule has 0 radical (unpaired) electrons. The van der Waals surface area contributed by atoms with Crippen LogP contribution in [0.2, 0.25) is 0 Å². The van der Waals surface area contributed by atoms with Crippen LogP contribution in [-0.4, -0.2) is 22.7 Å². The summed E-state index contributed by atoms with van der Waals surface area (Å²) < 4.78 is 10.9. The van der Waals surface area contributed by atoms with E-state index < -0.39 is 0 Å². The van der Waals surface area contributed by atoms with Crippen LogP contribution in [0.5, 0.6) is 5.75 Å². The predicted molar refractivity (Wildman–Crippen MR) is 114 cm³/mol. The first-order valence-electron chi connectivity index (χ1n) is 9.71. The topological polar surface area (TPSA) is 68.5 Å². The van der Waals surface area contributed by atoms with Gasteiger partial charge < -0.3 is 9.26 Å². The molecule has 2 aromatic heterocycles. The lowest BCUT2D eigenvalue weighted by molar-refractivity contribution is 0.0975. The minimum absolute atomic E-state index is 0.223. The van der Waals surface area contributed by atoms with Crippen LogP contribution in [-0.2, 0) is 6.54 Å². The molecule has 0 saturated carbocycles. The maximum atomic E-state index is 13.3. The van der Waals surface area contributed by atoms with E-state index in [9.17, 15) is 4.79 Å². The number of pyridine rings is 1. The van der Waals surface area contributed by atoms with Gasteiger partial charge in [0.25, 0.3) is 5.91 Å². The minimum atomic E-state index is -0.279. The summed E-state index contributed by atoms with van der Waals surface area (Å²) in [7, 11) is 0. The highest BCUT2D eigenvalue weighted by molar-refractivity contribution is 6.04. The van der Waals surface area contributed by atoms with Crippen molar-refractivity contribution in [1.82, 2.24) is 10.1 Å². The van der Waals surface area contributed by atoms with Gasteiger partial charge in [0.1, 0.15) is 11.6 Å². The molecular formula is C24H21N3O3. The molecule has 150 valence electrons. The molecule has 2 heterocycles. The van der Waals surface area contributed by atoms with E-state index in [2.05, 4.69) is 10.1 Å². The molecule has 4 aromatic rings. The Morgan fingerprint density at radius 1 is 1.00 bits per heavy atom. The van der Waals surface area contributed by atoms with Crippen molar-refractivity contribution in [1.29, 1.82) is 0 Å². The SMILES string of the molecule is CCOc1ccc(-c2cc(C(=O)N(Cc3ccccc3)c3ccccn3)no2)cc1. The number of benzene rings is 2. The predicted octanol–water partition coefficient (Wildman–Crippen LogP) is 4.98. The summed E-state index contributed by atoms with van der Waals surface area (Å²) in [4.78, 5) is 19.2. The zero-order valence-electron chi connectivity index (χ0n) is 16.6. The second-order valence-electron chi connectivity index (χ2n) is 6.60. The van der Waals surface area contributed by atoms with Crippen LogP contribution in [0.3, 0.4) is 0 Å². The van der Waals surface area contributed by atoms with E-state index in [-0.39, 0.29) is 11.6 Å². The maximum Gasteiger partial charge on any atom is 0.281 e. The van der Waals surface area contributed by atoms with Crippen molar-refractivity contribution < 1.29 is 14.1 Å². The second-order valence-corrected chi connectivity index (χ2v) is 6.60. The highest BCUT2D eigenvalue weighted by atomic mass is 16.5. The molecule has 0 aliphatic carbocycles. The van der Waals surface area contributed by atoms with E-state index in [4.69, 9.17) is 9.26 Å². The molecule has 0 bridgehead atoms. The summed E-state index contributed by atoms with van der Waals surface area (Å²) in [5, 5.41) is 4.01. The van der Waals surface area contributed by atoms with E-state index >= 15 is 0 Å². The Morgan fingerprint density at radius 2 is 1.77 bits per heavy atom. The van der Waals surface area contributed by atoms with Crippen LogP contribution in [0.25, 0.3) is 11.3 Å². The van der Waals surface area contributed by atoms with Crippen molar-refractivity contribution in [3.8, 4) is 17.1 Å². The summed E-state index contributed by atoms with van der Waals surface area (Å²) in [6, 6.07) is 24.3. The first kappa shape index (κ1) is 19.4. The lowest BCUT2D eigenvalue weighted by atomic mass is 10.1. The number of amides is 1. The molecule has 0 aliphatic heterocycles. The van der Waals surface area contributed by atoms with Crippen LogP contribution >= 0.6 is 0 Å². The fourth-order valence-electron chi connectivity index (χ4n) is 3.07. The van der Waals surface area contributed by atoms with Crippen LogP contribution in [0.1, 0.15) is 23.0 Å². The van der Waals surface area contributed by atoms with Gasteiger partial charge in [0.15, 0.2) is 11.5 Å².